The summed E-state index contributed by atoms with van der Waals surface area (Å²) in [4.78, 5) is 12.0. The highest BCUT2D eigenvalue weighted by molar-refractivity contribution is 6.42. The van der Waals surface area contributed by atoms with E-state index in [2.05, 4.69) is 10.4 Å². The standard InChI is InChI=1S/C18H19Cl2F2N3O/c1-18(21,22)10-2-3-11-25-12-9-15(24-25)23-16(26)8-7-13-5-4-6-14(19)17(13)20/h4-9,12H,2-3,10-11H2,1H3,(H,23,24,26)/b8-7+. The van der Waals surface area contributed by atoms with Gasteiger partial charge in [-0.15, -0.1) is 0 Å². The maximum atomic E-state index is 12.7. The van der Waals surface area contributed by atoms with Crippen LogP contribution in [0.5, 0.6) is 0 Å². The first-order chi connectivity index (χ1) is 12.2. The number of carbonyl (C=O) groups excluding carboxylic acids is 1. The van der Waals surface area contributed by atoms with Crippen molar-refractivity contribution < 1.29 is 13.6 Å². The van der Waals surface area contributed by atoms with Gasteiger partial charge in [0.25, 0.3) is 0 Å². The molecule has 26 heavy (non-hydrogen) atoms. The van der Waals surface area contributed by atoms with Gasteiger partial charge in [0, 0.05) is 31.3 Å². The molecule has 1 N–H and O–H groups in total. The molecule has 4 nitrogen and oxygen atoms in total. The molecular formula is C18H19Cl2F2N3O. The Bertz CT molecular complexity index is 785. The fourth-order valence-corrected chi connectivity index (χ4v) is 2.62. The molecule has 0 spiro atoms. The number of anilines is 1. The minimum atomic E-state index is -2.64. The molecule has 1 heterocycles. The highest BCUT2D eigenvalue weighted by Crippen LogP contribution is 2.26. The van der Waals surface area contributed by atoms with Crippen molar-refractivity contribution in [1.82, 2.24) is 9.78 Å². The molecule has 0 saturated carbocycles. The number of rotatable bonds is 8. The van der Waals surface area contributed by atoms with Gasteiger partial charge < -0.3 is 5.32 Å². The maximum absolute atomic E-state index is 12.7. The SMILES string of the molecule is CC(F)(F)CCCCn1ccc(NC(=O)/C=C/c2cccc(Cl)c2Cl)n1. The van der Waals surface area contributed by atoms with E-state index in [1.807, 2.05) is 0 Å². The molecule has 0 atom stereocenters. The number of carbonyl (C=O) groups is 1. The molecule has 0 bridgehead atoms. The van der Waals surface area contributed by atoms with E-state index in [0.717, 1.165) is 6.92 Å². The number of nitrogens with zero attached hydrogens (tertiary/aromatic N) is 2. The Hall–Kier alpha value is -1.92. The lowest BCUT2D eigenvalue weighted by Gasteiger charge is -2.09. The second-order valence-corrected chi connectivity index (χ2v) is 6.74. The highest BCUT2D eigenvalue weighted by Gasteiger charge is 2.19. The number of amides is 1. The summed E-state index contributed by atoms with van der Waals surface area (Å²) >= 11 is 12.0. The summed E-state index contributed by atoms with van der Waals surface area (Å²) in [5, 5.41) is 7.60. The summed E-state index contributed by atoms with van der Waals surface area (Å²) in [7, 11) is 0. The van der Waals surface area contributed by atoms with Crippen molar-refractivity contribution in [3.8, 4) is 0 Å². The Morgan fingerprint density at radius 2 is 2.08 bits per heavy atom. The molecule has 0 unspecified atom stereocenters. The summed E-state index contributed by atoms with van der Waals surface area (Å²) in [6.07, 6.45) is 5.44. The summed E-state index contributed by atoms with van der Waals surface area (Å²) in [5.74, 6) is -2.61. The van der Waals surface area contributed by atoms with Gasteiger partial charge in [0.2, 0.25) is 11.8 Å². The van der Waals surface area contributed by atoms with Gasteiger partial charge in [-0.1, -0.05) is 35.3 Å². The van der Waals surface area contributed by atoms with E-state index in [1.165, 1.54) is 6.08 Å². The number of halogens is 4. The number of hydrogen-bond donors (Lipinski definition) is 1. The lowest BCUT2D eigenvalue weighted by Crippen LogP contribution is -2.10. The quantitative estimate of drug-likeness (QED) is 0.457. The Kier molecular flexibility index (Phi) is 7.17. The lowest BCUT2D eigenvalue weighted by molar-refractivity contribution is -0.111. The predicted molar refractivity (Wildman–Crippen MR) is 101 cm³/mol. The van der Waals surface area contributed by atoms with E-state index in [-0.39, 0.29) is 12.3 Å². The van der Waals surface area contributed by atoms with Crippen LogP contribution >= 0.6 is 23.2 Å². The van der Waals surface area contributed by atoms with Crippen molar-refractivity contribution in [3.05, 3.63) is 52.1 Å². The summed E-state index contributed by atoms with van der Waals surface area (Å²) in [5.41, 5.74) is 0.632. The predicted octanol–water partition coefficient (Wildman–Crippen LogP) is 5.67. The number of aryl methyl sites for hydroxylation is 1. The van der Waals surface area contributed by atoms with Crippen LogP contribution in [0.1, 0.15) is 31.7 Å². The van der Waals surface area contributed by atoms with Gasteiger partial charge in [-0.3, -0.25) is 9.48 Å². The fraction of sp³-hybridized carbons (Fsp3) is 0.333. The fourth-order valence-electron chi connectivity index (χ4n) is 2.24. The minimum absolute atomic E-state index is 0.144. The molecule has 0 aliphatic rings. The van der Waals surface area contributed by atoms with E-state index in [4.69, 9.17) is 23.2 Å². The number of benzene rings is 1. The Labute approximate surface area is 160 Å². The molecule has 0 aliphatic carbocycles. The second-order valence-electron chi connectivity index (χ2n) is 5.96. The van der Waals surface area contributed by atoms with E-state index in [0.29, 0.717) is 40.8 Å². The van der Waals surface area contributed by atoms with Crippen LogP contribution in [0.3, 0.4) is 0 Å². The molecule has 8 heteroatoms. The normalized spacial score (nSPS) is 11.9. The molecule has 1 amide bonds. The van der Waals surface area contributed by atoms with Crippen molar-refractivity contribution in [3.63, 3.8) is 0 Å². The molecule has 0 aliphatic heterocycles. The number of nitrogens with one attached hydrogen (secondary N) is 1. The second kappa shape index (κ2) is 9.14. The van der Waals surface area contributed by atoms with Crippen molar-refractivity contribution in [1.29, 1.82) is 0 Å². The molecule has 2 aromatic rings. The molecule has 1 aromatic carbocycles. The third-order valence-corrected chi connectivity index (χ3v) is 4.37. The van der Waals surface area contributed by atoms with Crippen molar-refractivity contribution in [2.45, 2.75) is 38.7 Å². The van der Waals surface area contributed by atoms with Crippen molar-refractivity contribution in [2.24, 2.45) is 0 Å². The first-order valence-electron chi connectivity index (χ1n) is 8.09. The van der Waals surface area contributed by atoms with Gasteiger partial charge in [0.1, 0.15) is 0 Å². The maximum Gasteiger partial charge on any atom is 0.249 e. The van der Waals surface area contributed by atoms with Gasteiger partial charge in [-0.2, -0.15) is 5.10 Å². The topological polar surface area (TPSA) is 46.9 Å². The minimum Gasteiger partial charge on any atom is -0.306 e. The molecular weight excluding hydrogens is 383 g/mol. The van der Waals surface area contributed by atoms with Gasteiger partial charge in [0.15, 0.2) is 5.82 Å². The molecule has 1 aromatic heterocycles. The number of alkyl halides is 2. The summed E-state index contributed by atoms with van der Waals surface area (Å²) in [6, 6.07) is 6.79. The van der Waals surface area contributed by atoms with E-state index in [9.17, 15) is 13.6 Å². The van der Waals surface area contributed by atoms with E-state index < -0.39 is 5.92 Å². The molecule has 0 radical (unpaired) electrons. The average Bonchev–Trinajstić information content (AvgIpc) is 2.99. The molecule has 0 saturated heterocycles. The van der Waals surface area contributed by atoms with Crippen LogP contribution in [0.4, 0.5) is 14.6 Å². The van der Waals surface area contributed by atoms with Gasteiger partial charge in [-0.05, 0) is 37.5 Å². The van der Waals surface area contributed by atoms with Gasteiger partial charge >= 0.3 is 0 Å². The Morgan fingerprint density at radius 1 is 1.31 bits per heavy atom. The first kappa shape index (κ1) is 20.4. The molecule has 2 rings (SSSR count). The van der Waals surface area contributed by atoms with Crippen molar-refractivity contribution >= 4 is 41.0 Å². The zero-order chi connectivity index (χ0) is 19.2. The third kappa shape index (κ3) is 6.77. The van der Waals surface area contributed by atoms with Crippen LogP contribution in [0.2, 0.25) is 10.0 Å². The van der Waals surface area contributed by atoms with E-state index >= 15 is 0 Å². The smallest absolute Gasteiger partial charge is 0.249 e. The monoisotopic (exact) mass is 401 g/mol. The molecule has 0 fully saturated rings. The third-order valence-electron chi connectivity index (χ3n) is 3.54. The van der Waals surface area contributed by atoms with Crippen molar-refractivity contribution in [2.75, 3.05) is 5.32 Å². The van der Waals surface area contributed by atoms with E-state index in [1.54, 1.807) is 41.2 Å². The number of aromatic nitrogens is 2. The van der Waals surface area contributed by atoms with Crippen LogP contribution in [-0.4, -0.2) is 21.6 Å². The number of unbranched alkanes of at least 4 members (excludes halogenated alkanes) is 1. The molecule has 140 valence electrons. The highest BCUT2D eigenvalue weighted by atomic mass is 35.5. The zero-order valence-corrected chi connectivity index (χ0v) is 15.7. The van der Waals surface area contributed by atoms with Gasteiger partial charge in [-0.25, -0.2) is 8.78 Å². The number of hydrogen-bond acceptors (Lipinski definition) is 2. The summed E-state index contributed by atoms with van der Waals surface area (Å²) < 4.78 is 27.1. The van der Waals surface area contributed by atoms with Crippen LogP contribution in [0.15, 0.2) is 36.5 Å². The Morgan fingerprint density at radius 3 is 2.81 bits per heavy atom. The van der Waals surface area contributed by atoms with Crippen LogP contribution in [0, 0.1) is 0 Å². The van der Waals surface area contributed by atoms with Crippen LogP contribution in [0.25, 0.3) is 6.08 Å². The zero-order valence-electron chi connectivity index (χ0n) is 14.2. The first-order valence-corrected chi connectivity index (χ1v) is 8.84. The lowest BCUT2D eigenvalue weighted by atomic mass is 10.1. The summed E-state index contributed by atoms with van der Waals surface area (Å²) in [6.45, 7) is 1.43. The Balaban J connectivity index is 1.83. The largest absolute Gasteiger partial charge is 0.306 e. The van der Waals surface area contributed by atoms with Gasteiger partial charge in [0.05, 0.1) is 10.0 Å². The van der Waals surface area contributed by atoms with Crippen LogP contribution < -0.4 is 5.32 Å². The van der Waals surface area contributed by atoms with Crippen LogP contribution in [-0.2, 0) is 11.3 Å². The average molecular weight is 402 g/mol.